The van der Waals surface area contributed by atoms with Crippen LogP contribution in [0.5, 0.6) is 0 Å². The van der Waals surface area contributed by atoms with E-state index in [4.69, 9.17) is 4.99 Å². The van der Waals surface area contributed by atoms with E-state index in [0.717, 1.165) is 24.9 Å². The van der Waals surface area contributed by atoms with Crippen LogP contribution in [0.2, 0.25) is 0 Å². The summed E-state index contributed by atoms with van der Waals surface area (Å²) in [5.41, 5.74) is 3.63. The van der Waals surface area contributed by atoms with Crippen molar-refractivity contribution < 1.29 is 9.59 Å². The molecule has 2 amide bonds. The Morgan fingerprint density at radius 2 is 1.84 bits per heavy atom. The highest BCUT2D eigenvalue weighted by atomic mass is 16.2. The number of imide groups is 1. The van der Waals surface area contributed by atoms with Crippen molar-refractivity contribution >= 4 is 28.7 Å². The number of carbonyl (C=O) groups is 2. The van der Waals surface area contributed by atoms with Gasteiger partial charge in [-0.15, -0.1) is 0 Å². The number of amides is 2. The van der Waals surface area contributed by atoms with Gasteiger partial charge in [0.15, 0.2) is 5.96 Å². The number of rotatable bonds is 7. The summed E-state index contributed by atoms with van der Waals surface area (Å²) in [5.74, 6) is 0.993. The predicted molar refractivity (Wildman–Crippen MR) is 125 cm³/mol. The molecule has 2 aliphatic carbocycles. The molecule has 3 aliphatic rings. The van der Waals surface area contributed by atoms with Crippen molar-refractivity contribution in [2.24, 2.45) is 28.7 Å². The first-order valence-electron chi connectivity index (χ1n) is 11.7. The largest absolute Gasteiger partial charge is 0.358 e. The smallest absolute Gasteiger partial charge is 0.233 e. The summed E-state index contributed by atoms with van der Waals surface area (Å²) in [5, 5.41) is 7.80. The Kier molecular flexibility index (Phi) is 5.49. The van der Waals surface area contributed by atoms with Gasteiger partial charge in [-0.05, 0) is 50.2 Å². The molecule has 4 atom stereocenters. The highest BCUT2D eigenvalue weighted by Gasteiger charge is 2.58. The third-order valence-electron chi connectivity index (χ3n) is 7.19. The molecule has 1 aliphatic heterocycles. The maximum Gasteiger partial charge on any atom is 0.233 e. The minimum atomic E-state index is -0.126. The third kappa shape index (κ3) is 3.49. The van der Waals surface area contributed by atoms with Crippen LogP contribution < -0.4 is 10.6 Å². The fourth-order valence-electron chi connectivity index (χ4n) is 5.75. The molecular weight excluding hydrogens is 402 g/mol. The molecule has 3 N–H and O–H groups in total. The van der Waals surface area contributed by atoms with E-state index in [0.29, 0.717) is 25.6 Å². The number of aromatic nitrogens is 1. The third-order valence-corrected chi connectivity index (χ3v) is 7.19. The second-order valence-electron chi connectivity index (χ2n) is 9.04. The van der Waals surface area contributed by atoms with Gasteiger partial charge in [0, 0.05) is 42.8 Å². The lowest BCUT2D eigenvalue weighted by atomic mass is 9.85. The topological polar surface area (TPSA) is 89.6 Å². The van der Waals surface area contributed by atoms with Crippen molar-refractivity contribution in [2.45, 2.75) is 26.7 Å². The first-order valence-corrected chi connectivity index (χ1v) is 11.7. The number of aryl methyl sites for hydroxylation is 1. The molecule has 2 aromatic rings. The van der Waals surface area contributed by atoms with Crippen molar-refractivity contribution in [2.75, 3.05) is 26.2 Å². The molecule has 4 unspecified atom stereocenters. The van der Waals surface area contributed by atoms with Crippen LogP contribution in [0.1, 0.15) is 24.6 Å². The van der Waals surface area contributed by atoms with Crippen molar-refractivity contribution in [1.29, 1.82) is 0 Å². The molecule has 2 bridgehead atoms. The van der Waals surface area contributed by atoms with E-state index < -0.39 is 0 Å². The SMILES string of the molecule is CCNC(=NCCc1c(C)[nH]c2ccccc12)NCCN1C(=O)C2C3C=CC(C3)C2C1=O. The molecule has 1 saturated carbocycles. The van der Waals surface area contributed by atoms with E-state index in [1.54, 1.807) is 0 Å². The van der Waals surface area contributed by atoms with Crippen molar-refractivity contribution in [3.05, 3.63) is 47.7 Å². The summed E-state index contributed by atoms with van der Waals surface area (Å²) in [7, 11) is 0. The number of fused-ring (bicyclic) bond motifs is 6. The number of carbonyl (C=O) groups excluding carboxylic acids is 2. The molecule has 0 radical (unpaired) electrons. The average Bonchev–Trinajstić information content (AvgIpc) is 3.53. The van der Waals surface area contributed by atoms with Crippen molar-refractivity contribution in [3.8, 4) is 0 Å². The molecule has 1 aromatic heterocycles. The minimum Gasteiger partial charge on any atom is -0.358 e. The molecular formula is C25H31N5O2. The molecule has 1 saturated heterocycles. The van der Waals surface area contributed by atoms with Crippen LogP contribution in [-0.2, 0) is 16.0 Å². The van der Waals surface area contributed by atoms with Gasteiger partial charge >= 0.3 is 0 Å². The van der Waals surface area contributed by atoms with Gasteiger partial charge in [-0.2, -0.15) is 0 Å². The van der Waals surface area contributed by atoms with E-state index in [9.17, 15) is 9.59 Å². The van der Waals surface area contributed by atoms with Crippen LogP contribution in [0.3, 0.4) is 0 Å². The fraction of sp³-hybridized carbons (Fsp3) is 0.480. The van der Waals surface area contributed by atoms with E-state index in [2.05, 4.69) is 52.9 Å². The Bertz CT molecular complexity index is 1070. The highest BCUT2D eigenvalue weighted by Crippen LogP contribution is 2.52. The lowest BCUT2D eigenvalue weighted by molar-refractivity contribution is -0.140. The number of aliphatic imine (C=N–C) groups is 1. The first-order chi connectivity index (χ1) is 15.6. The Hall–Kier alpha value is -3.09. The quantitative estimate of drug-likeness (QED) is 0.271. The van der Waals surface area contributed by atoms with Crippen LogP contribution in [0, 0.1) is 30.6 Å². The summed E-state index contributed by atoms with van der Waals surface area (Å²) < 4.78 is 0. The van der Waals surface area contributed by atoms with Crippen LogP contribution in [-0.4, -0.2) is 53.8 Å². The second-order valence-corrected chi connectivity index (χ2v) is 9.04. The Balaban J connectivity index is 1.17. The van der Waals surface area contributed by atoms with Crippen molar-refractivity contribution in [1.82, 2.24) is 20.5 Å². The van der Waals surface area contributed by atoms with Gasteiger partial charge in [0.25, 0.3) is 0 Å². The average molecular weight is 434 g/mol. The number of nitrogens with zero attached hydrogens (tertiary/aromatic N) is 2. The molecule has 1 aromatic carbocycles. The molecule has 168 valence electrons. The van der Waals surface area contributed by atoms with Gasteiger partial charge in [-0.1, -0.05) is 30.4 Å². The Morgan fingerprint density at radius 3 is 2.56 bits per heavy atom. The molecule has 7 heteroatoms. The van der Waals surface area contributed by atoms with Gasteiger partial charge in [0.1, 0.15) is 0 Å². The van der Waals surface area contributed by atoms with Crippen LogP contribution in [0.25, 0.3) is 10.9 Å². The standard InChI is InChI=1S/C25H31N5O2/c1-3-26-25(27-11-10-18-15(2)29-20-7-5-4-6-19(18)20)28-12-13-30-23(31)21-16-8-9-17(14-16)22(21)24(30)32/h4-9,16-17,21-22,29H,3,10-14H2,1-2H3,(H2,26,27,28). The van der Waals surface area contributed by atoms with Crippen molar-refractivity contribution in [3.63, 3.8) is 0 Å². The number of hydrogen-bond donors (Lipinski definition) is 3. The molecule has 32 heavy (non-hydrogen) atoms. The Morgan fingerprint density at radius 1 is 1.12 bits per heavy atom. The zero-order chi connectivity index (χ0) is 22.2. The number of H-pyrrole nitrogens is 1. The fourth-order valence-corrected chi connectivity index (χ4v) is 5.75. The maximum atomic E-state index is 12.8. The normalized spacial score (nSPS) is 26.4. The molecule has 2 fully saturated rings. The number of guanidine groups is 1. The number of hydrogen-bond acceptors (Lipinski definition) is 3. The van der Waals surface area contributed by atoms with Crippen LogP contribution >= 0.6 is 0 Å². The summed E-state index contributed by atoms with van der Waals surface area (Å²) in [6.45, 7) is 6.41. The molecule has 5 rings (SSSR count). The number of likely N-dealkylation sites (tertiary alicyclic amines) is 1. The van der Waals surface area contributed by atoms with Gasteiger partial charge in [0.2, 0.25) is 11.8 Å². The molecule has 0 spiro atoms. The summed E-state index contributed by atoms with van der Waals surface area (Å²) in [6.07, 6.45) is 6.06. The van der Waals surface area contributed by atoms with Gasteiger partial charge in [-0.3, -0.25) is 19.5 Å². The Labute approximate surface area is 188 Å². The van der Waals surface area contributed by atoms with Crippen LogP contribution in [0.15, 0.2) is 41.4 Å². The van der Waals surface area contributed by atoms with E-state index in [-0.39, 0.29) is 35.5 Å². The number of aromatic amines is 1. The second kappa shape index (κ2) is 8.45. The molecule has 2 heterocycles. The lowest BCUT2D eigenvalue weighted by Gasteiger charge is -2.18. The van der Waals surface area contributed by atoms with E-state index in [1.165, 1.54) is 21.5 Å². The zero-order valence-electron chi connectivity index (χ0n) is 18.7. The number of para-hydroxylation sites is 1. The monoisotopic (exact) mass is 433 g/mol. The zero-order valence-corrected chi connectivity index (χ0v) is 18.7. The first kappa shape index (κ1) is 20.8. The summed E-state index contributed by atoms with van der Waals surface area (Å²) >= 11 is 0. The highest BCUT2D eigenvalue weighted by molar-refractivity contribution is 6.06. The van der Waals surface area contributed by atoms with Crippen LogP contribution in [0.4, 0.5) is 0 Å². The maximum absolute atomic E-state index is 12.8. The van der Waals surface area contributed by atoms with E-state index in [1.807, 2.05) is 13.0 Å². The van der Waals surface area contributed by atoms with Gasteiger partial charge in [-0.25, -0.2) is 0 Å². The number of nitrogens with one attached hydrogen (secondary N) is 3. The number of benzene rings is 1. The lowest BCUT2D eigenvalue weighted by Crippen LogP contribution is -2.43. The summed E-state index contributed by atoms with van der Waals surface area (Å²) in [4.78, 5) is 35.3. The van der Waals surface area contributed by atoms with E-state index >= 15 is 0 Å². The minimum absolute atomic E-state index is 0.00963. The molecule has 7 nitrogen and oxygen atoms in total. The summed E-state index contributed by atoms with van der Waals surface area (Å²) in [6, 6.07) is 8.34. The van der Waals surface area contributed by atoms with Gasteiger partial charge in [0.05, 0.1) is 11.8 Å². The number of allylic oxidation sites excluding steroid dienone is 2. The van der Waals surface area contributed by atoms with Gasteiger partial charge < -0.3 is 15.6 Å². The predicted octanol–water partition coefficient (Wildman–Crippen LogP) is 2.38.